The van der Waals surface area contributed by atoms with Gasteiger partial charge in [-0.3, -0.25) is 4.79 Å². The van der Waals surface area contributed by atoms with Crippen LogP contribution in [0.15, 0.2) is 36.7 Å². The fourth-order valence-electron chi connectivity index (χ4n) is 1.90. The highest BCUT2D eigenvalue weighted by molar-refractivity contribution is 5.96. The lowest BCUT2D eigenvalue weighted by atomic mass is 10.1. The smallest absolute Gasteiger partial charge is 0.337 e. The van der Waals surface area contributed by atoms with Crippen molar-refractivity contribution in [3.8, 4) is 0 Å². The Hall–Kier alpha value is -2.63. The van der Waals surface area contributed by atoms with E-state index in [0.717, 1.165) is 5.82 Å². The number of carbonyl (C=O) groups excluding carboxylic acids is 2. The molecular formula is C15H17N3O3. The van der Waals surface area contributed by atoms with Crippen molar-refractivity contribution in [2.45, 2.75) is 6.42 Å². The van der Waals surface area contributed by atoms with Crippen molar-refractivity contribution in [2.24, 2.45) is 7.05 Å². The molecule has 1 heterocycles. The molecule has 0 saturated carbocycles. The van der Waals surface area contributed by atoms with E-state index in [-0.39, 0.29) is 5.91 Å². The van der Waals surface area contributed by atoms with Gasteiger partial charge in [-0.15, -0.1) is 0 Å². The third-order valence-corrected chi connectivity index (χ3v) is 3.12. The molecule has 0 atom stereocenters. The van der Waals surface area contributed by atoms with Crippen LogP contribution < -0.4 is 5.32 Å². The van der Waals surface area contributed by atoms with Crippen LogP contribution in [-0.2, 0) is 18.2 Å². The molecule has 0 fully saturated rings. The van der Waals surface area contributed by atoms with Crippen LogP contribution in [0.25, 0.3) is 0 Å². The standard InChI is InChI=1S/C15H17N3O3/c1-18-10-9-16-13(18)7-8-17-14(19)11-3-5-12(6-4-11)15(20)21-2/h3-6,9-10H,7-8H2,1-2H3,(H,17,19). The molecule has 0 aliphatic heterocycles. The number of hydrogen-bond donors (Lipinski definition) is 1. The van der Waals surface area contributed by atoms with E-state index in [2.05, 4.69) is 15.0 Å². The Labute approximate surface area is 122 Å². The fourth-order valence-corrected chi connectivity index (χ4v) is 1.90. The Bertz CT molecular complexity index is 632. The summed E-state index contributed by atoms with van der Waals surface area (Å²) in [5.41, 5.74) is 0.921. The number of carbonyl (C=O) groups is 2. The van der Waals surface area contributed by atoms with Crippen LogP contribution in [0, 0.1) is 0 Å². The quantitative estimate of drug-likeness (QED) is 0.838. The van der Waals surface area contributed by atoms with Gasteiger partial charge < -0.3 is 14.6 Å². The summed E-state index contributed by atoms with van der Waals surface area (Å²) in [7, 11) is 3.23. The van der Waals surface area contributed by atoms with E-state index in [9.17, 15) is 9.59 Å². The number of aromatic nitrogens is 2. The second kappa shape index (κ2) is 6.69. The summed E-state index contributed by atoms with van der Waals surface area (Å²) in [6.07, 6.45) is 4.25. The lowest BCUT2D eigenvalue weighted by Crippen LogP contribution is -2.26. The van der Waals surface area contributed by atoms with Crippen LogP contribution in [0.5, 0.6) is 0 Å². The number of esters is 1. The van der Waals surface area contributed by atoms with Gasteiger partial charge in [-0.2, -0.15) is 0 Å². The molecule has 1 aromatic heterocycles. The van der Waals surface area contributed by atoms with Crippen LogP contribution >= 0.6 is 0 Å². The highest BCUT2D eigenvalue weighted by atomic mass is 16.5. The number of imidazole rings is 1. The van der Waals surface area contributed by atoms with E-state index >= 15 is 0 Å². The summed E-state index contributed by atoms with van der Waals surface area (Å²) in [5, 5.41) is 2.82. The van der Waals surface area contributed by atoms with Gasteiger partial charge in [-0.1, -0.05) is 0 Å². The minimum atomic E-state index is -0.420. The number of aryl methyl sites for hydroxylation is 1. The number of amides is 1. The van der Waals surface area contributed by atoms with Gasteiger partial charge in [0.05, 0.1) is 12.7 Å². The lowest BCUT2D eigenvalue weighted by molar-refractivity contribution is 0.0600. The van der Waals surface area contributed by atoms with E-state index < -0.39 is 5.97 Å². The normalized spacial score (nSPS) is 10.2. The number of hydrogen-bond acceptors (Lipinski definition) is 4. The van der Waals surface area contributed by atoms with Crippen molar-refractivity contribution in [2.75, 3.05) is 13.7 Å². The highest BCUT2D eigenvalue weighted by Gasteiger charge is 2.09. The van der Waals surface area contributed by atoms with Gasteiger partial charge in [0.15, 0.2) is 0 Å². The van der Waals surface area contributed by atoms with Crippen molar-refractivity contribution in [3.63, 3.8) is 0 Å². The van der Waals surface area contributed by atoms with Crippen LogP contribution in [0.4, 0.5) is 0 Å². The zero-order chi connectivity index (χ0) is 15.2. The van der Waals surface area contributed by atoms with Crippen LogP contribution in [-0.4, -0.2) is 35.1 Å². The summed E-state index contributed by atoms with van der Waals surface area (Å²) >= 11 is 0. The van der Waals surface area contributed by atoms with Gasteiger partial charge in [0.2, 0.25) is 0 Å². The molecule has 6 heteroatoms. The maximum Gasteiger partial charge on any atom is 0.337 e. The SMILES string of the molecule is COC(=O)c1ccc(C(=O)NCCc2nccn2C)cc1. The number of ether oxygens (including phenoxy) is 1. The van der Waals surface area contributed by atoms with Crippen molar-refractivity contribution < 1.29 is 14.3 Å². The zero-order valence-corrected chi connectivity index (χ0v) is 12.0. The Morgan fingerprint density at radius 1 is 1.24 bits per heavy atom. The first-order valence-electron chi connectivity index (χ1n) is 6.54. The summed E-state index contributed by atoms with van der Waals surface area (Å²) in [5.74, 6) is 0.314. The van der Waals surface area contributed by atoms with E-state index in [1.807, 2.05) is 17.8 Å². The molecule has 1 aromatic carbocycles. The highest BCUT2D eigenvalue weighted by Crippen LogP contribution is 2.05. The van der Waals surface area contributed by atoms with Crippen LogP contribution in [0.3, 0.4) is 0 Å². The summed E-state index contributed by atoms with van der Waals surface area (Å²) < 4.78 is 6.52. The molecule has 2 rings (SSSR count). The molecule has 1 amide bonds. The molecule has 0 unspecified atom stereocenters. The second-order valence-electron chi connectivity index (χ2n) is 4.53. The zero-order valence-electron chi connectivity index (χ0n) is 12.0. The third-order valence-electron chi connectivity index (χ3n) is 3.12. The molecule has 6 nitrogen and oxygen atoms in total. The maximum absolute atomic E-state index is 12.0. The van der Waals surface area contributed by atoms with Crippen LogP contribution in [0.2, 0.25) is 0 Å². The Morgan fingerprint density at radius 2 is 1.90 bits per heavy atom. The Morgan fingerprint density at radius 3 is 2.48 bits per heavy atom. The van der Waals surface area contributed by atoms with Gasteiger partial charge in [0.1, 0.15) is 5.82 Å². The van der Waals surface area contributed by atoms with Gasteiger partial charge >= 0.3 is 5.97 Å². The van der Waals surface area contributed by atoms with Crippen molar-refractivity contribution >= 4 is 11.9 Å². The van der Waals surface area contributed by atoms with E-state index in [4.69, 9.17) is 0 Å². The summed E-state index contributed by atoms with van der Waals surface area (Å²) in [6, 6.07) is 6.34. The predicted molar refractivity (Wildman–Crippen MR) is 77.0 cm³/mol. The third kappa shape index (κ3) is 3.68. The minimum Gasteiger partial charge on any atom is -0.465 e. The summed E-state index contributed by atoms with van der Waals surface area (Å²) in [6.45, 7) is 0.502. The molecule has 0 spiro atoms. The van der Waals surface area contributed by atoms with Crippen molar-refractivity contribution in [3.05, 3.63) is 53.6 Å². The fraction of sp³-hybridized carbons (Fsp3) is 0.267. The first-order chi connectivity index (χ1) is 10.1. The Kier molecular flexibility index (Phi) is 4.71. The first-order valence-corrected chi connectivity index (χ1v) is 6.54. The first kappa shape index (κ1) is 14.8. The number of methoxy groups -OCH3 is 1. The van der Waals surface area contributed by atoms with E-state index in [1.165, 1.54) is 7.11 Å². The van der Waals surface area contributed by atoms with E-state index in [0.29, 0.717) is 24.1 Å². The predicted octanol–water partition coefficient (Wildman–Crippen LogP) is 1.18. The second-order valence-corrected chi connectivity index (χ2v) is 4.53. The topological polar surface area (TPSA) is 73.2 Å². The number of rotatable bonds is 5. The average Bonchev–Trinajstić information content (AvgIpc) is 2.92. The molecular weight excluding hydrogens is 270 g/mol. The maximum atomic E-state index is 12.0. The number of benzene rings is 1. The van der Waals surface area contributed by atoms with Gasteiger partial charge in [0, 0.05) is 38.0 Å². The van der Waals surface area contributed by atoms with Gasteiger partial charge in [-0.05, 0) is 24.3 Å². The minimum absolute atomic E-state index is 0.180. The molecule has 110 valence electrons. The Balaban J connectivity index is 1.88. The molecule has 0 saturated heterocycles. The monoisotopic (exact) mass is 287 g/mol. The van der Waals surface area contributed by atoms with Gasteiger partial charge in [0.25, 0.3) is 5.91 Å². The van der Waals surface area contributed by atoms with Crippen LogP contribution in [0.1, 0.15) is 26.5 Å². The number of nitrogens with one attached hydrogen (secondary N) is 1. The summed E-state index contributed by atoms with van der Waals surface area (Å²) in [4.78, 5) is 27.4. The number of nitrogens with zero attached hydrogens (tertiary/aromatic N) is 2. The largest absolute Gasteiger partial charge is 0.465 e. The van der Waals surface area contributed by atoms with E-state index in [1.54, 1.807) is 30.5 Å². The molecule has 1 N–H and O–H groups in total. The lowest BCUT2D eigenvalue weighted by Gasteiger charge is -2.06. The van der Waals surface area contributed by atoms with Crippen molar-refractivity contribution in [1.82, 2.24) is 14.9 Å². The molecule has 0 aliphatic carbocycles. The molecule has 0 bridgehead atoms. The molecule has 0 aliphatic rings. The molecule has 2 aromatic rings. The van der Waals surface area contributed by atoms with Gasteiger partial charge in [-0.25, -0.2) is 9.78 Å². The molecule has 21 heavy (non-hydrogen) atoms. The molecule has 0 radical (unpaired) electrons. The average molecular weight is 287 g/mol. The van der Waals surface area contributed by atoms with Crippen molar-refractivity contribution in [1.29, 1.82) is 0 Å².